The molecule has 1 heterocycles. The van der Waals surface area contributed by atoms with E-state index in [-0.39, 0.29) is 11.5 Å². The average Bonchev–Trinajstić information content (AvgIpc) is 1.94. The van der Waals surface area contributed by atoms with Crippen LogP contribution in [0.2, 0.25) is 0 Å². The summed E-state index contributed by atoms with van der Waals surface area (Å²) in [5.41, 5.74) is 11.0. The highest BCUT2D eigenvalue weighted by Crippen LogP contribution is 2.22. The molecular formula is C8H14N4O. The largest absolute Gasteiger partial charge is 0.470 e. The van der Waals surface area contributed by atoms with E-state index in [9.17, 15) is 0 Å². The van der Waals surface area contributed by atoms with E-state index in [0.717, 1.165) is 0 Å². The van der Waals surface area contributed by atoms with Gasteiger partial charge in [0, 0.05) is 0 Å². The van der Waals surface area contributed by atoms with Crippen molar-refractivity contribution in [3.8, 4) is 5.88 Å². The molecule has 5 nitrogen and oxygen atoms in total. The molecule has 4 N–H and O–H groups in total. The van der Waals surface area contributed by atoms with Crippen LogP contribution in [0.15, 0.2) is 6.20 Å². The summed E-state index contributed by atoms with van der Waals surface area (Å²) in [6.07, 6.45) is 1.43. The van der Waals surface area contributed by atoms with Crippen molar-refractivity contribution in [2.45, 2.75) is 26.4 Å². The van der Waals surface area contributed by atoms with Crippen LogP contribution in [0.4, 0.5) is 11.6 Å². The zero-order chi connectivity index (χ0) is 10.1. The maximum atomic E-state index is 5.59. The van der Waals surface area contributed by atoms with Crippen LogP contribution >= 0.6 is 0 Å². The van der Waals surface area contributed by atoms with Crippen LogP contribution in [-0.4, -0.2) is 15.6 Å². The van der Waals surface area contributed by atoms with Crippen LogP contribution in [0, 0.1) is 0 Å². The van der Waals surface area contributed by atoms with E-state index >= 15 is 0 Å². The van der Waals surface area contributed by atoms with Crippen LogP contribution in [0.1, 0.15) is 20.8 Å². The molecule has 1 rings (SSSR count). The molecule has 0 fully saturated rings. The van der Waals surface area contributed by atoms with E-state index in [1.54, 1.807) is 0 Å². The zero-order valence-electron chi connectivity index (χ0n) is 8.03. The van der Waals surface area contributed by atoms with E-state index in [1.807, 2.05) is 20.8 Å². The Hall–Kier alpha value is -1.52. The summed E-state index contributed by atoms with van der Waals surface area (Å²) in [6.45, 7) is 5.72. The molecule has 72 valence electrons. The molecule has 0 aliphatic rings. The SMILES string of the molecule is CC(C)(C)Oc1nc(N)ncc1N. The summed E-state index contributed by atoms with van der Waals surface area (Å²) in [6, 6.07) is 0. The molecule has 13 heavy (non-hydrogen) atoms. The van der Waals surface area contributed by atoms with E-state index in [1.165, 1.54) is 6.20 Å². The van der Waals surface area contributed by atoms with Gasteiger partial charge in [-0.15, -0.1) is 0 Å². The lowest BCUT2D eigenvalue weighted by molar-refractivity contribution is 0.125. The molecule has 0 aliphatic heterocycles. The monoisotopic (exact) mass is 182 g/mol. The van der Waals surface area contributed by atoms with Crippen molar-refractivity contribution in [1.82, 2.24) is 9.97 Å². The Morgan fingerprint density at radius 3 is 2.46 bits per heavy atom. The highest BCUT2D eigenvalue weighted by Gasteiger charge is 2.15. The van der Waals surface area contributed by atoms with Gasteiger partial charge in [0.1, 0.15) is 11.3 Å². The standard InChI is InChI=1S/C8H14N4O/c1-8(2,3)13-6-5(9)4-11-7(10)12-6/h4H,9H2,1-3H3,(H2,10,11,12). The van der Waals surface area contributed by atoms with Crippen LogP contribution < -0.4 is 16.2 Å². The Bertz CT molecular complexity index is 306. The number of nitrogen functional groups attached to an aromatic ring is 2. The maximum absolute atomic E-state index is 5.59. The summed E-state index contributed by atoms with van der Waals surface area (Å²) in [7, 11) is 0. The predicted molar refractivity (Wildman–Crippen MR) is 51.2 cm³/mol. The number of hydrogen-bond acceptors (Lipinski definition) is 5. The van der Waals surface area contributed by atoms with Crippen molar-refractivity contribution in [2.75, 3.05) is 11.5 Å². The molecule has 1 aromatic heterocycles. The van der Waals surface area contributed by atoms with Crippen molar-refractivity contribution in [1.29, 1.82) is 0 Å². The molecule has 0 unspecified atom stereocenters. The minimum atomic E-state index is -0.338. The van der Waals surface area contributed by atoms with Crippen LogP contribution in [0.25, 0.3) is 0 Å². The number of aromatic nitrogens is 2. The maximum Gasteiger partial charge on any atom is 0.242 e. The summed E-state index contributed by atoms with van der Waals surface area (Å²) < 4.78 is 5.46. The summed E-state index contributed by atoms with van der Waals surface area (Å²) >= 11 is 0. The Morgan fingerprint density at radius 1 is 1.31 bits per heavy atom. The van der Waals surface area contributed by atoms with Gasteiger partial charge in [0.05, 0.1) is 6.20 Å². The molecule has 0 saturated heterocycles. The van der Waals surface area contributed by atoms with E-state index in [2.05, 4.69) is 9.97 Å². The van der Waals surface area contributed by atoms with Gasteiger partial charge in [-0.2, -0.15) is 4.98 Å². The number of nitrogens with two attached hydrogens (primary N) is 2. The van der Waals surface area contributed by atoms with Crippen LogP contribution in [-0.2, 0) is 0 Å². The van der Waals surface area contributed by atoms with Gasteiger partial charge in [-0.3, -0.25) is 0 Å². The molecule has 0 bridgehead atoms. The minimum Gasteiger partial charge on any atom is -0.470 e. The fraction of sp³-hybridized carbons (Fsp3) is 0.500. The quantitative estimate of drug-likeness (QED) is 0.671. The van der Waals surface area contributed by atoms with Gasteiger partial charge in [0.15, 0.2) is 0 Å². The summed E-state index contributed by atoms with van der Waals surface area (Å²) in [5, 5.41) is 0. The fourth-order valence-electron chi connectivity index (χ4n) is 0.760. The summed E-state index contributed by atoms with van der Waals surface area (Å²) in [4.78, 5) is 7.61. The number of anilines is 2. The molecule has 5 heteroatoms. The van der Waals surface area contributed by atoms with E-state index < -0.39 is 0 Å². The number of ether oxygens (including phenoxy) is 1. The van der Waals surface area contributed by atoms with Gasteiger partial charge >= 0.3 is 0 Å². The molecule has 0 spiro atoms. The second-order valence-corrected chi connectivity index (χ2v) is 3.70. The molecule has 0 radical (unpaired) electrons. The number of hydrogen-bond donors (Lipinski definition) is 2. The first kappa shape index (κ1) is 9.57. The number of nitrogens with zero attached hydrogens (tertiary/aromatic N) is 2. The zero-order valence-corrected chi connectivity index (χ0v) is 8.03. The molecule has 0 aromatic carbocycles. The second-order valence-electron chi connectivity index (χ2n) is 3.70. The molecular weight excluding hydrogens is 168 g/mol. The lowest BCUT2D eigenvalue weighted by Crippen LogP contribution is -2.24. The van der Waals surface area contributed by atoms with Crippen molar-refractivity contribution in [3.05, 3.63) is 6.20 Å². The Kier molecular flexibility index (Phi) is 2.27. The Morgan fingerprint density at radius 2 is 1.92 bits per heavy atom. The van der Waals surface area contributed by atoms with Gasteiger partial charge in [-0.05, 0) is 20.8 Å². The first-order valence-corrected chi connectivity index (χ1v) is 3.95. The van der Waals surface area contributed by atoms with Crippen molar-refractivity contribution in [3.63, 3.8) is 0 Å². The van der Waals surface area contributed by atoms with E-state index in [0.29, 0.717) is 11.6 Å². The lowest BCUT2D eigenvalue weighted by atomic mass is 10.2. The van der Waals surface area contributed by atoms with Crippen molar-refractivity contribution < 1.29 is 4.74 Å². The van der Waals surface area contributed by atoms with Gasteiger partial charge in [-0.1, -0.05) is 0 Å². The topological polar surface area (TPSA) is 87.0 Å². The lowest BCUT2D eigenvalue weighted by Gasteiger charge is -2.20. The first-order chi connectivity index (χ1) is 5.88. The molecule has 0 aliphatic carbocycles. The van der Waals surface area contributed by atoms with E-state index in [4.69, 9.17) is 16.2 Å². The molecule has 0 atom stereocenters. The Labute approximate surface area is 77.1 Å². The predicted octanol–water partition coefficient (Wildman–Crippen LogP) is 0.818. The van der Waals surface area contributed by atoms with Gasteiger partial charge in [0.25, 0.3) is 0 Å². The summed E-state index contributed by atoms with van der Waals surface area (Å²) in [5.74, 6) is 0.494. The normalized spacial score (nSPS) is 11.3. The third-order valence-electron chi connectivity index (χ3n) is 1.20. The number of rotatable bonds is 1. The third kappa shape index (κ3) is 2.77. The van der Waals surface area contributed by atoms with Crippen molar-refractivity contribution in [2.24, 2.45) is 0 Å². The average molecular weight is 182 g/mol. The minimum absolute atomic E-state index is 0.161. The van der Waals surface area contributed by atoms with Crippen LogP contribution in [0.5, 0.6) is 5.88 Å². The fourth-order valence-corrected chi connectivity index (χ4v) is 0.760. The molecule has 0 saturated carbocycles. The highest BCUT2D eigenvalue weighted by atomic mass is 16.5. The molecule has 0 amide bonds. The molecule has 1 aromatic rings. The Balaban J connectivity index is 2.94. The first-order valence-electron chi connectivity index (χ1n) is 3.95. The van der Waals surface area contributed by atoms with Crippen LogP contribution in [0.3, 0.4) is 0 Å². The third-order valence-corrected chi connectivity index (χ3v) is 1.20. The van der Waals surface area contributed by atoms with Gasteiger partial charge < -0.3 is 16.2 Å². The van der Waals surface area contributed by atoms with Crippen molar-refractivity contribution >= 4 is 11.6 Å². The van der Waals surface area contributed by atoms with Gasteiger partial charge in [-0.25, -0.2) is 4.98 Å². The highest BCUT2D eigenvalue weighted by molar-refractivity contribution is 5.48. The van der Waals surface area contributed by atoms with Gasteiger partial charge in [0.2, 0.25) is 11.8 Å². The second kappa shape index (κ2) is 3.08. The smallest absolute Gasteiger partial charge is 0.242 e.